The third-order valence-corrected chi connectivity index (χ3v) is 13.0. The number of nitrogens with one attached hydrogen (secondary N) is 4. The maximum absolute atomic E-state index is 15.1. The van der Waals surface area contributed by atoms with Crippen molar-refractivity contribution in [1.82, 2.24) is 35.6 Å². The number of aromatic amines is 1. The molecule has 4 aliphatic heterocycles. The zero-order valence-electron chi connectivity index (χ0n) is 35.8. The summed E-state index contributed by atoms with van der Waals surface area (Å²) in [5.74, 6) is -3.24. The smallest absolute Gasteiger partial charge is 0.246 e. The second-order valence-corrected chi connectivity index (χ2v) is 17.4. The molecule has 3 fully saturated rings. The molecule has 5 heterocycles. The van der Waals surface area contributed by atoms with Gasteiger partial charge in [0, 0.05) is 68.6 Å². The van der Waals surface area contributed by atoms with Crippen LogP contribution in [0.15, 0.2) is 90.1 Å². The fourth-order valence-electron chi connectivity index (χ4n) is 9.73. The molecule has 3 aromatic carbocycles. The zero-order valence-corrected chi connectivity index (χ0v) is 35.8. The van der Waals surface area contributed by atoms with E-state index in [1.165, 1.54) is 9.80 Å². The molecular formula is C47H57N11O6. The summed E-state index contributed by atoms with van der Waals surface area (Å²) < 4.78 is 0. The molecular weight excluding hydrogens is 815 g/mol. The number of amides is 6. The third-order valence-electron chi connectivity index (χ3n) is 13.0. The summed E-state index contributed by atoms with van der Waals surface area (Å²) in [5, 5.41) is 9.72. The Kier molecular flexibility index (Phi) is 13.3. The van der Waals surface area contributed by atoms with Crippen molar-refractivity contribution in [2.24, 2.45) is 22.2 Å². The molecule has 0 spiro atoms. The number of aromatic nitrogens is 1. The molecule has 1 aromatic heterocycles. The fraction of sp³-hybridized carbons (Fsp3) is 0.426. The first-order valence-corrected chi connectivity index (χ1v) is 22.2. The monoisotopic (exact) mass is 871 g/mol. The second-order valence-electron chi connectivity index (χ2n) is 17.4. The molecule has 0 unspecified atom stereocenters. The van der Waals surface area contributed by atoms with Crippen molar-refractivity contribution >= 4 is 52.3 Å². The standard InChI is InChI=1S/C47H57N11O6/c48-32-24-40-46(64)57-26-30-14-5-4-13-29(30)23-39(57)45(63)56-20-9-8-18-38(56)43(61)55-36(21-28-11-2-1-3-12-28)41(59)54-37(22-31-25-52-34-16-7-6-15-33(31)34)42(60)53-35(44(62)58(40)27-32)17-10-19-51-47(49)50/h1-7,11-16,25,32,35-40,52H,8-10,17-24,26-27,48H2,(H,53,60)(H,54,59)(H,55,61)(H4,49,50,51)/t32-,35-,36+,37-,38-,39-,40+/m0/s1. The number of rotatable bonds is 8. The molecule has 6 amide bonds. The van der Waals surface area contributed by atoms with Gasteiger partial charge >= 0.3 is 0 Å². The predicted octanol–water partition coefficient (Wildman–Crippen LogP) is 0.738. The van der Waals surface area contributed by atoms with Crippen LogP contribution in [0.3, 0.4) is 0 Å². The van der Waals surface area contributed by atoms with Gasteiger partial charge in [-0.15, -0.1) is 0 Å². The number of hydrogen-bond donors (Lipinski definition) is 7. The summed E-state index contributed by atoms with van der Waals surface area (Å²) in [5.41, 5.74) is 21.9. The molecule has 4 aliphatic rings. The Balaban J connectivity index is 1.21. The molecule has 10 N–H and O–H groups in total. The number of carbonyl (C=O) groups excluding carboxylic acids is 6. The van der Waals surface area contributed by atoms with E-state index < -0.39 is 71.8 Å². The number of H-pyrrole nitrogens is 1. The number of hydrogen-bond acceptors (Lipinski definition) is 8. The Morgan fingerprint density at radius 3 is 2.12 bits per heavy atom. The Hall–Kier alpha value is -6.75. The number of para-hydroxylation sites is 1. The lowest BCUT2D eigenvalue weighted by molar-refractivity contribution is -0.156. The van der Waals surface area contributed by atoms with Crippen molar-refractivity contribution in [3.8, 4) is 0 Å². The first-order chi connectivity index (χ1) is 30.9. The summed E-state index contributed by atoms with van der Waals surface area (Å²) in [4.78, 5) is 101. The lowest BCUT2D eigenvalue weighted by atomic mass is 9.90. The van der Waals surface area contributed by atoms with Crippen LogP contribution in [0.25, 0.3) is 10.9 Å². The summed E-state index contributed by atoms with van der Waals surface area (Å²) in [6, 6.07) is 17.3. The van der Waals surface area contributed by atoms with Gasteiger partial charge in [0.2, 0.25) is 35.4 Å². The highest BCUT2D eigenvalue weighted by molar-refractivity contribution is 5.99. The highest BCUT2D eigenvalue weighted by Crippen LogP contribution is 2.31. The van der Waals surface area contributed by atoms with Crippen LogP contribution in [0.4, 0.5) is 0 Å². The van der Waals surface area contributed by atoms with E-state index in [0.717, 1.165) is 33.2 Å². The Labute approximate surface area is 371 Å². The Bertz CT molecular complexity index is 2420. The lowest BCUT2D eigenvalue weighted by Crippen LogP contribution is -2.64. The largest absolute Gasteiger partial charge is 0.370 e. The van der Waals surface area contributed by atoms with E-state index in [-0.39, 0.29) is 76.6 Å². The molecule has 0 aliphatic carbocycles. The molecule has 0 radical (unpaired) electrons. The van der Waals surface area contributed by atoms with Crippen molar-refractivity contribution in [2.75, 3.05) is 19.6 Å². The van der Waals surface area contributed by atoms with E-state index in [1.807, 2.05) is 78.9 Å². The summed E-state index contributed by atoms with van der Waals surface area (Å²) in [6.07, 6.45) is 4.28. The highest BCUT2D eigenvalue weighted by Gasteiger charge is 2.48. The van der Waals surface area contributed by atoms with Crippen molar-refractivity contribution < 1.29 is 28.8 Å². The minimum atomic E-state index is -1.23. The molecule has 0 saturated carbocycles. The van der Waals surface area contributed by atoms with Crippen LogP contribution in [0, 0.1) is 0 Å². The van der Waals surface area contributed by atoms with Gasteiger partial charge < -0.3 is 52.8 Å². The topological polar surface area (TPSA) is 254 Å². The Morgan fingerprint density at radius 2 is 1.34 bits per heavy atom. The molecule has 64 heavy (non-hydrogen) atoms. The third kappa shape index (κ3) is 9.58. The first kappa shape index (κ1) is 43.9. The van der Waals surface area contributed by atoms with Gasteiger partial charge in [-0.05, 0) is 66.8 Å². The van der Waals surface area contributed by atoms with Crippen molar-refractivity contribution in [3.63, 3.8) is 0 Å². The number of piperidine rings is 1. The van der Waals surface area contributed by atoms with Crippen molar-refractivity contribution in [2.45, 2.75) is 107 Å². The van der Waals surface area contributed by atoms with Gasteiger partial charge in [0.05, 0.1) is 0 Å². The van der Waals surface area contributed by atoms with E-state index in [2.05, 4.69) is 25.9 Å². The number of nitrogens with zero attached hydrogens (tertiary/aromatic N) is 4. The van der Waals surface area contributed by atoms with Gasteiger partial charge in [0.1, 0.15) is 36.3 Å². The van der Waals surface area contributed by atoms with Crippen molar-refractivity contribution in [1.29, 1.82) is 0 Å². The van der Waals surface area contributed by atoms with Gasteiger partial charge in [0.25, 0.3) is 0 Å². The van der Waals surface area contributed by atoms with Gasteiger partial charge in [0.15, 0.2) is 5.96 Å². The van der Waals surface area contributed by atoms with Gasteiger partial charge in [-0.1, -0.05) is 72.8 Å². The number of benzene rings is 3. The SMILES string of the molecule is NC(N)=NCCC[C@@H]1NC(=O)[C@H](Cc2c[nH]c3ccccc23)NC(=O)[C@@H](Cc2ccccc2)NC(=O)[C@@H]2CCCCN2C(=O)[C@@H]2Cc3ccccc3CN2C(=O)[C@H]2C[C@H](N)CN2C1=O. The predicted molar refractivity (Wildman–Crippen MR) is 240 cm³/mol. The minimum Gasteiger partial charge on any atom is -0.370 e. The van der Waals surface area contributed by atoms with E-state index in [1.54, 1.807) is 11.1 Å². The van der Waals surface area contributed by atoms with Gasteiger partial charge in [-0.2, -0.15) is 0 Å². The molecule has 7 atom stereocenters. The molecule has 8 rings (SSSR count). The Morgan fingerprint density at radius 1 is 0.672 bits per heavy atom. The maximum atomic E-state index is 15.1. The van der Waals surface area contributed by atoms with Crippen LogP contribution in [-0.2, 0) is 54.6 Å². The molecule has 0 bridgehead atoms. The van der Waals surface area contributed by atoms with Gasteiger partial charge in [-0.25, -0.2) is 0 Å². The van der Waals surface area contributed by atoms with Crippen LogP contribution >= 0.6 is 0 Å². The number of carbonyl (C=O) groups is 6. The van der Waals surface area contributed by atoms with Crippen LogP contribution < -0.4 is 33.2 Å². The van der Waals surface area contributed by atoms with E-state index in [0.29, 0.717) is 19.3 Å². The van der Waals surface area contributed by atoms with Crippen LogP contribution in [0.2, 0.25) is 0 Å². The number of aliphatic imine (C=N–C) groups is 1. The molecule has 3 saturated heterocycles. The summed E-state index contributed by atoms with van der Waals surface area (Å²) >= 11 is 0. The van der Waals surface area contributed by atoms with Crippen LogP contribution in [0.5, 0.6) is 0 Å². The lowest BCUT2D eigenvalue weighted by Gasteiger charge is -2.43. The fourth-order valence-corrected chi connectivity index (χ4v) is 9.73. The normalized spacial score (nSPS) is 25.8. The number of fused-ring (bicyclic) bond motifs is 5. The van der Waals surface area contributed by atoms with E-state index in [9.17, 15) is 19.2 Å². The first-order valence-electron chi connectivity index (χ1n) is 22.2. The second kappa shape index (κ2) is 19.3. The highest BCUT2D eigenvalue weighted by atomic mass is 16.2. The molecule has 17 nitrogen and oxygen atoms in total. The maximum Gasteiger partial charge on any atom is 0.246 e. The minimum absolute atomic E-state index is 0.0287. The average Bonchev–Trinajstić information content (AvgIpc) is 3.91. The number of nitrogens with two attached hydrogens (primary N) is 3. The van der Waals surface area contributed by atoms with E-state index >= 15 is 9.59 Å². The van der Waals surface area contributed by atoms with Gasteiger partial charge in [-0.3, -0.25) is 33.8 Å². The molecule has 17 heteroatoms. The average molecular weight is 872 g/mol. The van der Waals surface area contributed by atoms with Crippen LogP contribution in [0.1, 0.15) is 60.8 Å². The van der Waals surface area contributed by atoms with Crippen molar-refractivity contribution in [3.05, 3.63) is 107 Å². The molecule has 336 valence electrons. The van der Waals surface area contributed by atoms with E-state index in [4.69, 9.17) is 17.2 Å². The summed E-state index contributed by atoms with van der Waals surface area (Å²) in [6.45, 7) is 0.579. The quantitative estimate of drug-likeness (QED) is 0.0748. The number of guanidine groups is 1. The summed E-state index contributed by atoms with van der Waals surface area (Å²) in [7, 11) is 0. The zero-order chi connectivity index (χ0) is 44.9. The molecule has 4 aromatic rings. The van der Waals surface area contributed by atoms with Crippen LogP contribution in [-0.4, -0.2) is 123 Å².